The van der Waals surface area contributed by atoms with Crippen molar-refractivity contribution in [2.45, 2.75) is 50.4 Å². The standard InChI is InChI=1S/C25H29N5O3S/c1-16(2)23(17-6-9-20-21(13-17)33-12-4-11-32-20)27-22(31)15-34-25-29-28-24(30(25)19-7-8-19)18-5-3-10-26-14-18/h3,5-6,9-10,13-14,16,19,23H,4,7-8,11-12,15H2,1-2H3,(H,27,31). The number of aromatic nitrogens is 4. The van der Waals surface area contributed by atoms with Crippen molar-refractivity contribution >= 4 is 17.7 Å². The molecular formula is C25H29N5O3S. The van der Waals surface area contributed by atoms with E-state index in [4.69, 9.17) is 9.47 Å². The second kappa shape index (κ2) is 10.0. The fourth-order valence-electron chi connectivity index (χ4n) is 4.08. The summed E-state index contributed by atoms with van der Waals surface area (Å²) in [5.41, 5.74) is 1.95. The Hall–Kier alpha value is -3.07. The van der Waals surface area contributed by atoms with Crippen molar-refractivity contribution in [2.75, 3.05) is 19.0 Å². The predicted molar refractivity (Wildman–Crippen MR) is 130 cm³/mol. The molecule has 178 valence electrons. The minimum absolute atomic E-state index is 0.0379. The van der Waals surface area contributed by atoms with E-state index in [0.29, 0.717) is 19.3 Å². The molecule has 1 aliphatic carbocycles. The summed E-state index contributed by atoms with van der Waals surface area (Å²) in [6, 6.07) is 10.1. The van der Waals surface area contributed by atoms with E-state index in [9.17, 15) is 4.79 Å². The third-order valence-electron chi connectivity index (χ3n) is 5.94. The Morgan fingerprint density at radius 3 is 2.74 bits per heavy atom. The van der Waals surface area contributed by atoms with Crippen LogP contribution in [-0.2, 0) is 4.79 Å². The van der Waals surface area contributed by atoms with E-state index < -0.39 is 0 Å². The van der Waals surface area contributed by atoms with Crippen molar-refractivity contribution < 1.29 is 14.3 Å². The molecule has 3 heterocycles. The van der Waals surface area contributed by atoms with E-state index in [1.165, 1.54) is 11.8 Å². The van der Waals surface area contributed by atoms with E-state index in [-0.39, 0.29) is 23.6 Å². The van der Waals surface area contributed by atoms with Gasteiger partial charge < -0.3 is 14.8 Å². The third kappa shape index (κ3) is 5.04. The molecule has 1 N–H and O–H groups in total. The lowest BCUT2D eigenvalue weighted by atomic mass is 9.95. The van der Waals surface area contributed by atoms with Crippen LogP contribution in [0.5, 0.6) is 11.5 Å². The largest absolute Gasteiger partial charge is 0.490 e. The average molecular weight is 480 g/mol. The number of rotatable bonds is 8. The van der Waals surface area contributed by atoms with Crippen LogP contribution < -0.4 is 14.8 Å². The van der Waals surface area contributed by atoms with Gasteiger partial charge in [0.25, 0.3) is 0 Å². The molecule has 1 atom stereocenters. The fraction of sp³-hybridized carbons (Fsp3) is 0.440. The Kier molecular flexibility index (Phi) is 6.71. The number of benzene rings is 1. The first-order chi connectivity index (χ1) is 16.6. The molecule has 0 saturated heterocycles. The van der Waals surface area contributed by atoms with Crippen molar-refractivity contribution in [3.63, 3.8) is 0 Å². The van der Waals surface area contributed by atoms with Crippen molar-refractivity contribution in [3.8, 4) is 22.9 Å². The average Bonchev–Trinajstić information content (AvgIpc) is 3.64. The number of ether oxygens (including phenoxy) is 2. The Morgan fingerprint density at radius 1 is 1.18 bits per heavy atom. The van der Waals surface area contributed by atoms with E-state index in [2.05, 4.69) is 38.9 Å². The second-order valence-electron chi connectivity index (χ2n) is 8.98. The summed E-state index contributed by atoms with van der Waals surface area (Å²) in [5, 5.41) is 12.8. The maximum atomic E-state index is 13.0. The summed E-state index contributed by atoms with van der Waals surface area (Å²) in [5.74, 6) is 2.76. The number of pyridine rings is 1. The summed E-state index contributed by atoms with van der Waals surface area (Å²) in [6.07, 6.45) is 6.61. The second-order valence-corrected chi connectivity index (χ2v) is 9.93. The van der Waals surface area contributed by atoms with Gasteiger partial charge in [-0.05, 0) is 48.6 Å². The molecule has 1 unspecified atom stereocenters. The van der Waals surface area contributed by atoms with Gasteiger partial charge >= 0.3 is 0 Å². The fourth-order valence-corrected chi connectivity index (χ4v) is 4.90. The lowest BCUT2D eigenvalue weighted by molar-refractivity contribution is -0.119. The molecule has 1 amide bonds. The molecular weight excluding hydrogens is 450 g/mol. The summed E-state index contributed by atoms with van der Waals surface area (Å²) >= 11 is 1.43. The van der Waals surface area contributed by atoms with Crippen LogP contribution in [0.25, 0.3) is 11.4 Å². The number of amides is 1. The number of hydrogen-bond acceptors (Lipinski definition) is 7. The highest BCUT2D eigenvalue weighted by Crippen LogP contribution is 2.41. The van der Waals surface area contributed by atoms with Crippen molar-refractivity contribution in [3.05, 3.63) is 48.3 Å². The summed E-state index contributed by atoms with van der Waals surface area (Å²) in [7, 11) is 0. The maximum absolute atomic E-state index is 13.0. The van der Waals surface area contributed by atoms with Crippen molar-refractivity contribution in [1.29, 1.82) is 0 Å². The zero-order valence-corrected chi connectivity index (χ0v) is 20.3. The minimum Gasteiger partial charge on any atom is -0.490 e. The first kappa shape index (κ1) is 22.7. The van der Waals surface area contributed by atoms with Gasteiger partial charge in [-0.3, -0.25) is 14.3 Å². The van der Waals surface area contributed by atoms with Crippen LogP contribution >= 0.6 is 11.8 Å². The normalized spacial score (nSPS) is 16.2. The molecule has 0 radical (unpaired) electrons. The quantitative estimate of drug-likeness (QED) is 0.478. The third-order valence-corrected chi connectivity index (χ3v) is 6.89. The maximum Gasteiger partial charge on any atom is 0.230 e. The smallest absolute Gasteiger partial charge is 0.230 e. The zero-order valence-electron chi connectivity index (χ0n) is 19.4. The van der Waals surface area contributed by atoms with E-state index in [0.717, 1.165) is 52.9 Å². The number of nitrogens with zero attached hydrogens (tertiary/aromatic N) is 4. The Labute approximate surface area is 203 Å². The Balaban J connectivity index is 1.28. The van der Waals surface area contributed by atoms with Crippen LogP contribution in [0.2, 0.25) is 0 Å². The molecule has 3 aromatic rings. The summed E-state index contributed by atoms with van der Waals surface area (Å²) in [4.78, 5) is 17.2. The van der Waals surface area contributed by atoms with Gasteiger partial charge in [0.05, 0.1) is 25.0 Å². The van der Waals surface area contributed by atoms with Gasteiger partial charge in [0, 0.05) is 30.4 Å². The SMILES string of the molecule is CC(C)C(NC(=O)CSc1nnc(-c2cccnc2)n1C1CC1)c1ccc2c(c1)OCCCO2. The van der Waals surface area contributed by atoms with Crippen LogP contribution in [0.4, 0.5) is 0 Å². The molecule has 1 aromatic carbocycles. The van der Waals surface area contributed by atoms with Gasteiger partial charge in [-0.1, -0.05) is 31.7 Å². The Bertz CT molecular complexity index is 1150. The first-order valence-electron chi connectivity index (χ1n) is 11.8. The zero-order chi connectivity index (χ0) is 23.5. The van der Waals surface area contributed by atoms with E-state index in [1.807, 2.05) is 30.3 Å². The van der Waals surface area contributed by atoms with Gasteiger partial charge in [0.2, 0.25) is 5.91 Å². The molecule has 1 fully saturated rings. The van der Waals surface area contributed by atoms with Crippen LogP contribution in [0, 0.1) is 5.92 Å². The number of thioether (sulfide) groups is 1. The molecule has 1 saturated carbocycles. The lowest BCUT2D eigenvalue weighted by Gasteiger charge is -2.24. The van der Waals surface area contributed by atoms with Crippen LogP contribution in [-0.4, -0.2) is 44.6 Å². The highest BCUT2D eigenvalue weighted by atomic mass is 32.2. The van der Waals surface area contributed by atoms with Crippen molar-refractivity contribution in [1.82, 2.24) is 25.1 Å². The number of carbonyl (C=O) groups excluding carboxylic acids is 1. The molecule has 2 aliphatic rings. The predicted octanol–water partition coefficient (Wildman–Crippen LogP) is 4.44. The number of fused-ring (bicyclic) bond motifs is 1. The summed E-state index contributed by atoms with van der Waals surface area (Å²) in [6.45, 7) is 5.49. The van der Waals surface area contributed by atoms with E-state index in [1.54, 1.807) is 12.4 Å². The van der Waals surface area contributed by atoms with Crippen LogP contribution in [0.1, 0.15) is 50.8 Å². The Morgan fingerprint density at radius 2 is 2.00 bits per heavy atom. The molecule has 0 spiro atoms. The van der Waals surface area contributed by atoms with Crippen LogP contribution in [0.3, 0.4) is 0 Å². The monoisotopic (exact) mass is 479 g/mol. The van der Waals surface area contributed by atoms with Gasteiger partial charge in [0.15, 0.2) is 22.5 Å². The number of nitrogens with one attached hydrogen (secondary N) is 1. The van der Waals surface area contributed by atoms with Gasteiger partial charge in [-0.25, -0.2) is 0 Å². The van der Waals surface area contributed by atoms with Gasteiger partial charge in [-0.15, -0.1) is 10.2 Å². The number of hydrogen-bond donors (Lipinski definition) is 1. The first-order valence-corrected chi connectivity index (χ1v) is 12.8. The molecule has 34 heavy (non-hydrogen) atoms. The van der Waals surface area contributed by atoms with Gasteiger partial charge in [0.1, 0.15) is 0 Å². The van der Waals surface area contributed by atoms with Gasteiger partial charge in [-0.2, -0.15) is 0 Å². The highest BCUT2D eigenvalue weighted by molar-refractivity contribution is 7.99. The van der Waals surface area contributed by atoms with E-state index >= 15 is 0 Å². The molecule has 0 bridgehead atoms. The topological polar surface area (TPSA) is 91.2 Å². The molecule has 1 aliphatic heterocycles. The lowest BCUT2D eigenvalue weighted by Crippen LogP contribution is -2.33. The van der Waals surface area contributed by atoms with Crippen molar-refractivity contribution in [2.24, 2.45) is 5.92 Å². The number of carbonyl (C=O) groups is 1. The highest BCUT2D eigenvalue weighted by Gasteiger charge is 2.30. The summed E-state index contributed by atoms with van der Waals surface area (Å²) < 4.78 is 13.7. The minimum atomic E-state index is -0.127. The molecule has 8 nitrogen and oxygen atoms in total. The van der Waals surface area contributed by atoms with Crippen LogP contribution in [0.15, 0.2) is 47.9 Å². The molecule has 2 aromatic heterocycles. The molecule has 9 heteroatoms. The molecule has 5 rings (SSSR count).